The molecular formula is C43H48N2SSi. The molecule has 8 rings (SSSR count). The highest BCUT2D eigenvalue weighted by atomic mass is 32.1. The van der Waals surface area contributed by atoms with Gasteiger partial charge in [-0.2, -0.15) is 0 Å². The lowest BCUT2D eigenvalue weighted by atomic mass is 9.74. The van der Waals surface area contributed by atoms with Crippen molar-refractivity contribution < 1.29 is 0 Å². The van der Waals surface area contributed by atoms with Crippen LogP contribution < -0.4 is 5.19 Å². The minimum atomic E-state index is -1.61. The molecule has 6 aromatic rings. The molecule has 0 unspecified atom stereocenters. The molecule has 4 heteroatoms. The number of aromatic nitrogens is 2. The molecule has 0 amide bonds. The molecule has 0 saturated heterocycles. The van der Waals surface area contributed by atoms with Gasteiger partial charge >= 0.3 is 0 Å². The summed E-state index contributed by atoms with van der Waals surface area (Å²) in [7, 11) is -1.61. The number of hydrogen-bond donors (Lipinski definition) is 0. The zero-order chi connectivity index (χ0) is 33.5. The Bertz CT molecular complexity index is 2240. The minimum absolute atomic E-state index is 0.101. The third-order valence-corrected chi connectivity index (χ3v) is 14.6. The maximum absolute atomic E-state index is 4.96. The second-order valence-electron chi connectivity index (χ2n) is 18.2. The highest BCUT2D eigenvalue weighted by molar-refractivity contribution is 7.26. The zero-order valence-corrected chi connectivity index (χ0v) is 31.9. The van der Waals surface area contributed by atoms with Gasteiger partial charge in [0.05, 0.1) is 24.0 Å². The van der Waals surface area contributed by atoms with Gasteiger partial charge in [0.25, 0.3) is 0 Å². The van der Waals surface area contributed by atoms with Crippen molar-refractivity contribution in [2.75, 3.05) is 0 Å². The number of fused-ring (bicyclic) bond motifs is 6. The van der Waals surface area contributed by atoms with Gasteiger partial charge < -0.3 is 0 Å². The molecule has 4 aromatic carbocycles. The third kappa shape index (κ3) is 4.54. The summed E-state index contributed by atoms with van der Waals surface area (Å²) in [4.78, 5) is 9.86. The molecule has 0 aliphatic heterocycles. The van der Waals surface area contributed by atoms with E-state index in [2.05, 4.69) is 136 Å². The van der Waals surface area contributed by atoms with Crippen LogP contribution in [0.15, 0.2) is 67.0 Å². The van der Waals surface area contributed by atoms with Crippen molar-refractivity contribution in [3.8, 4) is 22.4 Å². The van der Waals surface area contributed by atoms with Crippen molar-refractivity contribution in [2.24, 2.45) is 0 Å². The van der Waals surface area contributed by atoms with Crippen LogP contribution in [0.25, 0.3) is 53.5 Å². The summed E-state index contributed by atoms with van der Waals surface area (Å²) in [6.45, 7) is 27.1. The van der Waals surface area contributed by atoms with Crippen molar-refractivity contribution >= 4 is 55.7 Å². The Morgan fingerprint density at radius 3 is 1.91 bits per heavy atom. The largest absolute Gasteiger partial charge is 0.235 e. The highest BCUT2D eigenvalue weighted by Crippen LogP contribution is 2.61. The van der Waals surface area contributed by atoms with Gasteiger partial charge in [0.2, 0.25) is 0 Å². The summed E-state index contributed by atoms with van der Waals surface area (Å²) >= 11 is 1.86. The average molecular weight is 653 g/mol. The number of hydrogen-bond acceptors (Lipinski definition) is 3. The van der Waals surface area contributed by atoms with E-state index in [0.717, 1.165) is 11.2 Å². The van der Waals surface area contributed by atoms with Crippen LogP contribution in [0.2, 0.25) is 19.6 Å². The normalized spacial score (nSPS) is 19.0. The van der Waals surface area contributed by atoms with E-state index in [1.54, 1.807) is 28.6 Å². The van der Waals surface area contributed by atoms with E-state index in [-0.39, 0.29) is 21.7 Å². The molecule has 2 heterocycles. The Kier molecular flexibility index (Phi) is 6.35. The van der Waals surface area contributed by atoms with Crippen LogP contribution in [0.1, 0.15) is 90.5 Å². The molecular weight excluding hydrogens is 605 g/mol. The summed E-state index contributed by atoms with van der Waals surface area (Å²) in [5.74, 6) is 0. The molecule has 0 radical (unpaired) electrons. The quantitative estimate of drug-likeness (QED) is 0.178. The Morgan fingerprint density at radius 2 is 1.28 bits per heavy atom. The van der Waals surface area contributed by atoms with Crippen LogP contribution in [-0.2, 0) is 21.7 Å². The van der Waals surface area contributed by atoms with Gasteiger partial charge in [0.15, 0.2) is 0 Å². The molecule has 0 bridgehead atoms. The van der Waals surface area contributed by atoms with Crippen LogP contribution in [0.5, 0.6) is 0 Å². The molecule has 0 saturated carbocycles. The van der Waals surface area contributed by atoms with Crippen LogP contribution in [0, 0.1) is 0 Å². The summed E-state index contributed by atoms with van der Waals surface area (Å²) in [6.07, 6.45) is 4.11. The predicted octanol–water partition coefficient (Wildman–Crippen LogP) is 11.8. The zero-order valence-electron chi connectivity index (χ0n) is 30.1. The summed E-state index contributed by atoms with van der Waals surface area (Å²) in [6, 6.07) is 23.5. The highest BCUT2D eigenvalue weighted by Gasteiger charge is 2.50. The molecule has 2 aromatic heterocycles. The lowest BCUT2D eigenvalue weighted by molar-refractivity contribution is 0.396. The van der Waals surface area contributed by atoms with Crippen molar-refractivity contribution in [1.82, 2.24) is 9.97 Å². The van der Waals surface area contributed by atoms with Crippen molar-refractivity contribution in [3.63, 3.8) is 0 Å². The Hall–Kier alpha value is -3.34. The van der Waals surface area contributed by atoms with Gasteiger partial charge in [-0.05, 0) is 90.8 Å². The second-order valence-corrected chi connectivity index (χ2v) is 24.3. The first-order valence-corrected chi connectivity index (χ1v) is 21.7. The molecule has 2 nitrogen and oxygen atoms in total. The van der Waals surface area contributed by atoms with E-state index in [1.165, 1.54) is 60.3 Å². The molecule has 0 atom stereocenters. The summed E-state index contributed by atoms with van der Waals surface area (Å²) in [5.41, 5.74) is 12.9. The van der Waals surface area contributed by atoms with Crippen molar-refractivity contribution in [2.45, 2.75) is 110 Å². The van der Waals surface area contributed by atoms with Gasteiger partial charge in [-0.3, -0.25) is 0 Å². The second kappa shape index (κ2) is 9.63. The first-order chi connectivity index (χ1) is 21.9. The standard InChI is InChI=1S/C43H48N2SSi/c1-40(2)22-42(5,6)35-30(40)21-31-36(43(7,8)23-41(31,3)4)34(35)26-16-17-29-32(19-26)46-39-37(44-24-45-38(29)39)27-18-25-14-12-13-15-28(25)33(20-27)47(9,10)11/h12-21,24H,22-23H2,1-11H3. The Balaban J connectivity index is 1.39. The molecule has 2 aliphatic carbocycles. The predicted molar refractivity (Wildman–Crippen MR) is 208 cm³/mol. The van der Waals surface area contributed by atoms with E-state index in [1.807, 2.05) is 11.3 Å². The van der Waals surface area contributed by atoms with E-state index in [4.69, 9.17) is 9.97 Å². The molecule has 2 aliphatic rings. The number of rotatable bonds is 3. The van der Waals surface area contributed by atoms with E-state index in [9.17, 15) is 0 Å². The first-order valence-electron chi connectivity index (χ1n) is 17.3. The van der Waals surface area contributed by atoms with Crippen molar-refractivity contribution in [3.05, 3.63) is 89.2 Å². The fourth-order valence-electron chi connectivity index (χ4n) is 10.0. The molecule has 240 valence electrons. The van der Waals surface area contributed by atoms with Crippen LogP contribution in [-0.4, -0.2) is 18.0 Å². The Morgan fingerprint density at radius 1 is 0.638 bits per heavy atom. The fourth-order valence-corrected chi connectivity index (χ4v) is 12.9. The maximum Gasteiger partial charge on any atom is 0.116 e. The van der Waals surface area contributed by atoms with Crippen LogP contribution in [0.3, 0.4) is 0 Å². The third-order valence-electron chi connectivity index (χ3n) is 11.4. The van der Waals surface area contributed by atoms with Crippen LogP contribution in [0.4, 0.5) is 0 Å². The number of benzene rings is 4. The Labute approximate surface area is 285 Å². The van der Waals surface area contributed by atoms with Gasteiger partial charge in [-0.25, -0.2) is 9.97 Å². The van der Waals surface area contributed by atoms with Gasteiger partial charge in [0.1, 0.15) is 6.33 Å². The fraction of sp³-hybridized carbons (Fsp3) is 0.395. The lowest BCUT2D eigenvalue weighted by Crippen LogP contribution is -2.38. The minimum Gasteiger partial charge on any atom is -0.235 e. The lowest BCUT2D eigenvalue weighted by Gasteiger charge is -2.30. The first kappa shape index (κ1) is 31.0. The molecule has 47 heavy (non-hydrogen) atoms. The molecule has 0 spiro atoms. The SMILES string of the molecule is CC1(C)CC(C)(C)c2c1cc1c(c2-c2ccc3c(c2)sc2c(-c4cc([Si](C)(C)C)c5ccccc5c4)ncnc23)C(C)(C)CC1(C)C. The van der Waals surface area contributed by atoms with E-state index < -0.39 is 8.07 Å². The summed E-state index contributed by atoms with van der Waals surface area (Å²) in [5, 5.41) is 5.39. The topological polar surface area (TPSA) is 25.8 Å². The maximum atomic E-state index is 4.96. The number of thiophene rings is 1. The average Bonchev–Trinajstić information content (AvgIpc) is 3.51. The van der Waals surface area contributed by atoms with Gasteiger partial charge in [0, 0.05) is 15.6 Å². The van der Waals surface area contributed by atoms with E-state index in [0.29, 0.717) is 0 Å². The monoisotopic (exact) mass is 652 g/mol. The smallest absolute Gasteiger partial charge is 0.116 e. The van der Waals surface area contributed by atoms with Gasteiger partial charge in [-0.15, -0.1) is 11.3 Å². The molecule has 0 fully saturated rings. The van der Waals surface area contributed by atoms with E-state index >= 15 is 0 Å². The summed E-state index contributed by atoms with van der Waals surface area (Å²) < 4.78 is 2.48. The molecule has 0 N–H and O–H groups in total. The van der Waals surface area contributed by atoms with Crippen LogP contribution >= 0.6 is 11.3 Å². The van der Waals surface area contributed by atoms with Gasteiger partial charge in [-0.1, -0.05) is 129 Å². The van der Waals surface area contributed by atoms with Crippen molar-refractivity contribution in [1.29, 1.82) is 0 Å². The number of nitrogens with zero attached hydrogens (tertiary/aromatic N) is 2.